The van der Waals surface area contributed by atoms with Crippen LogP contribution in [0.5, 0.6) is 0 Å². The standard InChI is InChI=1S/C85H143NO18/c1-3-5-7-9-11-13-15-17-19-21-23-25-27-28-29-30-31-32-33-34-35-36-37-38-39-40-41-43-45-47-49-51-53-55-57-59-61-63-73(91)86-68(69(90)62-60-58-56-54-52-50-48-46-44-42-26-24-22-20-18-16-14-12-10-8-6-4-2)67-99-83-79(97)76(94)81(71(65-88)101-83)104-85-80(98)77(95)82(72(66-89)102-85)103-84-78(96)75(93)74(92)70(64-87)100-84/h5,7,11,13,17,19,23,25,28-29,31-32,34-35,37-38,40-41,52,54,60,62,68-72,74-85,87-90,92-98H,3-4,6,8-10,12,14-16,18,20-22,24,26-27,30,33,36,39,42-51,53,55-59,61,63-67H2,1-2H3,(H,86,91)/b7-5-,13-11-,19-17-,25-23-,29-28-,32-31-,35-34-,38-37-,41-40-,54-52+,62-60+. The van der Waals surface area contributed by atoms with Crippen LogP contribution in [-0.2, 0) is 33.2 Å². The first-order chi connectivity index (χ1) is 50.8. The van der Waals surface area contributed by atoms with Gasteiger partial charge in [-0.3, -0.25) is 4.79 Å². The molecule has 0 aromatic heterocycles. The van der Waals surface area contributed by atoms with Crippen LogP contribution in [0.15, 0.2) is 134 Å². The molecule has 3 fully saturated rings. The van der Waals surface area contributed by atoms with Crippen LogP contribution in [0.1, 0.15) is 264 Å². The van der Waals surface area contributed by atoms with E-state index in [0.29, 0.717) is 12.8 Å². The Morgan fingerprint density at radius 1 is 0.356 bits per heavy atom. The molecule has 3 rings (SSSR count). The van der Waals surface area contributed by atoms with E-state index in [1.165, 1.54) is 122 Å². The average Bonchev–Trinajstić information content (AvgIpc) is 0.783. The van der Waals surface area contributed by atoms with Crippen LogP contribution < -0.4 is 5.32 Å². The van der Waals surface area contributed by atoms with Gasteiger partial charge in [-0.1, -0.05) is 289 Å². The third-order valence-corrected chi connectivity index (χ3v) is 19.2. The molecule has 1 amide bonds. The third kappa shape index (κ3) is 43.2. The molecular weight excluding hydrogens is 1320 g/mol. The Hall–Kier alpha value is -4.07. The Morgan fingerprint density at radius 3 is 1.08 bits per heavy atom. The van der Waals surface area contributed by atoms with E-state index in [4.69, 9.17) is 28.4 Å². The number of aliphatic hydroxyl groups is 11. The molecule has 3 heterocycles. The Balaban J connectivity index is 1.38. The first-order valence-corrected chi connectivity index (χ1v) is 40.4. The van der Waals surface area contributed by atoms with Gasteiger partial charge in [-0.05, 0) is 103 Å². The van der Waals surface area contributed by atoms with Crippen molar-refractivity contribution in [1.82, 2.24) is 5.32 Å². The fraction of sp³-hybridized carbons (Fsp3) is 0.729. The molecular formula is C85H143NO18. The molecule has 0 spiro atoms. The number of hydrogen-bond acceptors (Lipinski definition) is 18. The van der Waals surface area contributed by atoms with E-state index in [0.717, 1.165) is 109 Å². The summed E-state index contributed by atoms with van der Waals surface area (Å²) >= 11 is 0. The van der Waals surface area contributed by atoms with Crippen molar-refractivity contribution in [2.24, 2.45) is 0 Å². The molecule has 3 aliphatic heterocycles. The van der Waals surface area contributed by atoms with Gasteiger partial charge in [0.25, 0.3) is 0 Å². The predicted octanol–water partition coefficient (Wildman–Crippen LogP) is 13.7. The summed E-state index contributed by atoms with van der Waals surface area (Å²) in [7, 11) is 0. The lowest BCUT2D eigenvalue weighted by atomic mass is 9.96. The van der Waals surface area contributed by atoms with E-state index in [1.807, 2.05) is 6.08 Å². The van der Waals surface area contributed by atoms with Crippen LogP contribution >= 0.6 is 0 Å². The number of carbonyl (C=O) groups is 1. The number of aliphatic hydroxyl groups excluding tert-OH is 11. The Labute approximate surface area is 626 Å². The van der Waals surface area contributed by atoms with Crippen LogP contribution in [0, 0.1) is 0 Å². The van der Waals surface area contributed by atoms with Gasteiger partial charge in [-0.2, -0.15) is 0 Å². The first kappa shape index (κ1) is 94.1. The molecule has 3 aliphatic rings. The second kappa shape index (κ2) is 63.8. The summed E-state index contributed by atoms with van der Waals surface area (Å²) in [6.07, 6.45) is 64.3. The third-order valence-electron chi connectivity index (χ3n) is 19.2. The summed E-state index contributed by atoms with van der Waals surface area (Å²) in [5.41, 5.74) is 0. The summed E-state index contributed by atoms with van der Waals surface area (Å²) in [6.45, 7) is 1.60. The maximum Gasteiger partial charge on any atom is 0.220 e. The van der Waals surface area contributed by atoms with Gasteiger partial charge in [-0.25, -0.2) is 0 Å². The minimum atomic E-state index is -1.99. The van der Waals surface area contributed by atoms with Gasteiger partial charge in [0.05, 0.1) is 38.6 Å². The van der Waals surface area contributed by atoms with Crippen molar-refractivity contribution in [3.8, 4) is 0 Å². The van der Waals surface area contributed by atoms with E-state index in [1.54, 1.807) is 6.08 Å². The maximum atomic E-state index is 13.5. The largest absolute Gasteiger partial charge is 0.394 e. The lowest BCUT2D eigenvalue weighted by molar-refractivity contribution is -0.379. The van der Waals surface area contributed by atoms with E-state index < -0.39 is 124 Å². The summed E-state index contributed by atoms with van der Waals surface area (Å²) in [5, 5.41) is 121. The quantitative estimate of drug-likeness (QED) is 0.0199. The normalized spacial score (nSPS) is 26.6. The molecule has 0 aromatic carbocycles. The molecule has 0 saturated carbocycles. The van der Waals surface area contributed by atoms with Crippen LogP contribution in [-0.4, -0.2) is 193 Å². The topological polar surface area (TPSA) is 307 Å². The SMILES string of the molecule is CC/C=C\C/C=C\C/C=C\C/C=C\C/C=C\C/C=C\C/C=C\C/C=C\C/C=C\CCCCCCCCCCCC(=O)NC(COC1OC(CO)C(OC2OC(CO)C(OC3OC(CO)C(O)C(O)C3O)C(O)C2O)C(O)C1O)C(O)/C=C/CC/C=C/CCCCCCCCCCCCCCCCCC. The van der Waals surface area contributed by atoms with Crippen molar-refractivity contribution >= 4 is 5.91 Å². The highest BCUT2D eigenvalue weighted by Gasteiger charge is 2.54. The minimum absolute atomic E-state index is 0.220. The lowest BCUT2D eigenvalue weighted by Crippen LogP contribution is -2.66. The average molecular weight is 1470 g/mol. The molecule has 0 bridgehead atoms. The molecule has 19 nitrogen and oxygen atoms in total. The van der Waals surface area contributed by atoms with Gasteiger partial charge in [0.15, 0.2) is 18.9 Å². The summed E-state index contributed by atoms with van der Waals surface area (Å²) in [4.78, 5) is 13.5. The number of amides is 1. The Kier molecular flexibility index (Phi) is 57.8. The van der Waals surface area contributed by atoms with Gasteiger partial charge >= 0.3 is 0 Å². The molecule has 19 heteroatoms. The number of allylic oxidation sites excluding steroid dienone is 21. The second-order valence-corrected chi connectivity index (χ2v) is 28.1. The molecule has 12 N–H and O–H groups in total. The van der Waals surface area contributed by atoms with Gasteiger partial charge in [0, 0.05) is 6.42 Å². The zero-order valence-electron chi connectivity index (χ0n) is 63.7. The monoisotopic (exact) mass is 1470 g/mol. The molecule has 0 aliphatic carbocycles. The predicted molar refractivity (Wildman–Crippen MR) is 415 cm³/mol. The maximum absolute atomic E-state index is 13.5. The zero-order chi connectivity index (χ0) is 75.3. The fourth-order valence-corrected chi connectivity index (χ4v) is 12.7. The number of carbonyl (C=O) groups excluding carboxylic acids is 1. The summed E-state index contributed by atoms with van der Waals surface area (Å²) in [5.74, 6) is -0.296. The highest BCUT2D eigenvalue weighted by atomic mass is 16.8. The van der Waals surface area contributed by atoms with Crippen LogP contribution in [0.2, 0.25) is 0 Å². The van der Waals surface area contributed by atoms with Gasteiger partial charge in [0.2, 0.25) is 5.91 Å². The van der Waals surface area contributed by atoms with Crippen molar-refractivity contribution in [3.63, 3.8) is 0 Å². The van der Waals surface area contributed by atoms with Crippen molar-refractivity contribution in [1.29, 1.82) is 0 Å². The molecule has 3 saturated heterocycles. The van der Waals surface area contributed by atoms with Gasteiger partial charge in [0.1, 0.15) is 73.2 Å². The van der Waals surface area contributed by atoms with Crippen LogP contribution in [0.4, 0.5) is 0 Å². The van der Waals surface area contributed by atoms with Gasteiger partial charge in [-0.15, -0.1) is 0 Å². The Morgan fingerprint density at radius 2 is 0.673 bits per heavy atom. The van der Waals surface area contributed by atoms with Crippen molar-refractivity contribution in [2.45, 2.75) is 369 Å². The lowest BCUT2D eigenvalue weighted by Gasteiger charge is -2.48. The first-order valence-electron chi connectivity index (χ1n) is 40.4. The smallest absolute Gasteiger partial charge is 0.220 e. The number of unbranched alkanes of at least 4 members (excludes halogenated alkanes) is 26. The minimum Gasteiger partial charge on any atom is -0.394 e. The molecule has 104 heavy (non-hydrogen) atoms. The van der Waals surface area contributed by atoms with Crippen LogP contribution in [0.3, 0.4) is 0 Å². The number of ether oxygens (including phenoxy) is 6. The zero-order valence-corrected chi connectivity index (χ0v) is 63.7. The fourth-order valence-electron chi connectivity index (χ4n) is 12.7. The summed E-state index contributed by atoms with van der Waals surface area (Å²) in [6, 6.07) is -1.00. The van der Waals surface area contributed by atoms with Crippen molar-refractivity contribution in [2.75, 3.05) is 26.4 Å². The number of hydrogen-bond donors (Lipinski definition) is 12. The van der Waals surface area contributed by atoms with E-state index in [9.17, 15) is 61.0 Å². The molecule has 0 radical (unpaired) electrons. The van der Waals surface area contributed by atoms with Crippen molar-refractivity contribution in [3.05, 3.63) is 134 Å². The highest BCUT2D eigenvalue weighted by Crippen LogP contribution is 2.33. The van der Waals surface area contributed by atoms with E-state index in [2.05, 4.69) is 141 Å². The molecule has 17 atom stereocenters. The highest BCUT2D eigenvalue weighted by molar-refractivity contribution is 5.76. The van der Waals surface area contributed by atoms with Crippen molar-refractivity contribution < 1.29 is 89.4 Å². The number of rotatable bonds is 62. The second-order valence-electron chi connectivity index (χ2n) is 28.1. The van der Waals surface area contributed by atoms with E-state index >= 15 is 0 Å². The molecule has 0 aromatic rings. The molecule has 596 valence electrons. The van der Waals surface area contributed by atoms with E-state index in [-0.39, 0.29) is 18.9 Å². The van der Waals surface area contributed by atoms with Gasteiger partial charge < -0.3 is 89.9 Å². The summed E-state index contributed by atoms with van der Waals surface area (Å²) < 4.78 is 34.4. The Bertz CT molecular complexity index is 2400. The van der Waals surface area contributed by atoms with Crippen LogP contribution in [0.25, 0.3) is 0 Å². The number of nitrogens with one attached hydrogen (secondary N) is 1. The molecule has 17 unspecified atom stereocenters.